The molecule has 3 heterocycles. The van der Waals surface area contributed by atoms with Crippen molar-refractivity contribution >= 4 is 45.3 Å². The molecule has 1 unspecified atom stereocenters. The summed E-state index contributed by atoms with van der Waals surface area (Å²) in [6, 6.07) is 16.8. The predicted molar refractivity (Wildman–Crippen MR) is 124 cm³/mol. The number of carbonyl (C=O) groups excluding carboxylic acids is 2. The Morgan fingerprint density at radius 2 is 1.77 bits per heavy atom. The normalized spacial score (nSPS) is 14.9. The van der Waals surface area contributed by atoms with Crippen LogP contribution >= 0.6 is 22.7 Å². The number of amides is 3. The lowest BCUT2D eigenvalue weighted by Crippen LogP contribution is -2.36. The maximum atomic E-state index is 12.7. The molecule has 0 radical (unpaired) electrons. The molecule has 0 aliphatic carbocycles. The molecular formula is C22H24N4O2S2. The van der Waals surface area contributed by atoms with Crippen molar-refractivity contribution in [3.05, 3.63) is 69.7 Å². The van der Waals surface area contributed by atoms with Crippen LogP contribution in [0.1, 0.15) is 33.4 Å². The van der Waals surface area contributed by atoms with Crippen molar-refractivity contribution in [2.45, 2.75) is 18.9 Å². The lowest BCUT2D eigenvalue weighted by molar-refractivity contribution is 0.0942. The molecule has 3 amide bonds. The molecule has 1 aliphatic rings. The highest BCUT2D eigenvalue weighted by Gasteiger charge is 2.25. The van der Waals surface area contributed by atoms with Crippen LogP contribution in [0.4, 0.5) is 15.5 Å². The molecule has 1 aromatic carbocycles. The Morgan fingerprint density at radius 3 is 2.50 bits per heavy atom. The summed E-state index contributed by atoms with van der Waals surface area (Å²) in [5, 5.41) is 11.3. The number of hydrogen-bond acceptors (Lipinski definition) is 5. The molecule has 1 fully saturated rings. The molecule has 0 saturated carbocycles. The number of nitrogens with one attached hydrogen (secondary N) is 3. The first-order chi connectivity index (χ1) is 14.7. The molecule has 6 nitrogen and oxygen atoms in total. The zero-order chi connectivity index (χ0) is 20.8. The monoisotopic (exact) mass is 440 g/mol. The molecule has 0 spiro atoms. The summed E-state index contributed by atoms with van der Waals surface area (Å²) in [4.78, 5) is 29.1. The zero-order valence-electron chi connectivity index (χ0n) is 16.5. The fourth-order valence-electron chi connectivity index (χ4n) is 3.54. The molecule has 1 aliphatic heterocycles. The van der Waals surface area contributed by atoms with Crippen molar-refractivity contribution in [1.82, 2.24) is 10.2 Å². The number of rotatable bonds is 7. The number of hydrogen-bond donors (Lipinski definition) is 3. The molecule has 4 rings (SSSR count). The van der Waals surface area contributed by atoms with E-state index in [2.05, 4.69) is 38.4 Å². The summed E-state index contributed by atoms with van der Waals surface area (Å²) in [6.07, 6.45) is 2.42. The van der Waals surface area contributed by atoms with E-state index in [4.69, 9.17) is 0 Å². The lowest BCUT2D eigenvalue weighted by atomic mass is 10.2. The van der Waals surface area contributed by atoms with Crippen LogP contribution in [0.2, 0.25) is 0 Å². The standard InChI is InChI=1S/C22H24N4O2S2/c27-21(23-15-17(18-9-6-14-29-18)26-12-4-5-13-26)19-10-11-20(30-19)25-22(28)24-16-7-2-1-3-8-16/h1-3,6-11,14,17H,4-5,12-13,15H2,(H,23,27)(H2,24,25,28). The van der Waals surface area contributed by atoms with E-state index in [9.17, 15) is 9.59 Å². The van der Waals surface area contributed by atoms with Crippen LogP contribution in [-0.4, -0.2) is 36.5 Å². The lowest BCUT2D eigenvalue weighted by Gasteiger charge is -2.26. The molecule has 156 valence electrons. The van der Waals surface area contributed by atoms with Crippen LogP contribution in [0.5, 0.6) is 0 Å². The molecule has 0 bridgehead atoms. The van der Waals surface area contributed by atoms with Crippen molar-refractivity contribution in [3.8, 4) is 0 Å². The minimum Gasteiger partial charge on any atom is -0.349 e. The van der Waals surface area contributed by atoms with E-state index in [1.807, 2.05) is 30.3 Å². The van der Waals surface area contributed by atoms with E-state index in [1.165, 1.54) is 29.1 Å². The van der Waals surface area contributed by atoms with Crippen molar-refractivity contribution in [1.29, 1.82) is 0 Å². The SMILES string of the molecule is O=C(Nc1ccccc1)Nc1ccc(C(=O)NCC(c2cccs2)N2CCCC2)s1. The number of nitrogens with zero attached hydrogens (tertiary/aromatic N) is 1. The maximum Gasteiger partial charge on any atom is 0.324 e. The van der Waals surface area contributed by atoms with Gasteiger partial charge >= 0.3 is 6.03 Å². The number of thiophene rings is 2. The quantitative estimate of drug-likeness (QED) is 0.483. The van der Waals surface area contributed by atoms with Gasteiger partial charge in [0.25, 0.3) is 5.91 Å². The highest BCUT2D eigenvalue weighted by molar-refractivity contribution is 7.18. The summed E-state index contributed by atoms with van der Waals surface area (Å²) in [5.41, 5.74) is 0.714. The van der Waals surface area contributed by atoms with Gasteiger partial charge in [0.2, 0.25) is 0 Å². The first-order valence-corrected chi connectivity index (χ1v) is 11.7. The van der Waals surface area contributed by atoms with E-state index in [0.717, 1.165) is 13.1 Å². The van der Waals surface area contributed by atoms with Crippen molar-refractivity contribution in [2.75, 3.05) is 30.3 Å². The highest BCUT2D eigenvalue weighted by atomic mass is 32.1. The Labute approximate surface area is 183 Å². The third-order valence-electron chi connectivity index (χ3n) is 5.01. The predicted octanol–water partition coefficient (Wildman–Crippen LogP) is 5.02. The van der Waals surface area contributed by atoms with Gasteiger partial charge in [-0.25, -0.2) is 4.79 Å². The molecular weight excluding hydrogens is 416 g/mol. The Morgan fingerprint density at radius 1 is 0.967 bits per heavy atom. The summed E-state index contributed by atoms with van der Waals surface area (Å²) in [5.74, 6) is -0.114. The van der Waals surface area contributed by atoms with Gasteiger partial charge in [-0.1, -0.05) is 24.3 Å². The van der Waals surface area contributed by atoms with E-state index in [1.54, 1.807) is 23.5 Å². The van der Waals surface area contributed by atoms with Crippen LogP contribution in [0.15, 0.2) is 60.0 Å². The minimum absolute atomic E-state index is 0.114. The third kappa shape index (κ3) is 5.27. The fourth-order valence-corrected chi connectivity index (χ4v) is 5.22. The molecule has 3 N–H and O–H groups in total. The van der Waals surface area contributed by atoms with Crippen LogP contribution in [-0.2, 0) is 0 Å². The smallest absolute Gasteiger partial charge is 0.324 e. The molecule has 30 heavy (non-hydrogen) atoms. The molecule has 1 atom stereocenters. The average Bonchev–Trinajstić information content (AvgIpc) is 3.52. The van der Waals surface area contributed by atoms with Crippen LogP contribution in [0, 0.1) is 0 Å². The van der Waals surface area contributed by atoms with Crippen molar-refractivity contribution in [2.24, 2.45) is 0 Å². The van der Waals surface area contributed by atoms with E-state index < -0.39 is 0 Å². The van der Waals surface area contributed by atoms with Gasteiger partial charge in [-0.05, 0) is 61.6 Å². The second kappa shape index (κ2) is 9.88. The summed E-state index contributed by atoms with van der Waals surface area (Å²) >= 11 is 3.00. The van der Waals surface area contributed by atoms with E-state index in [0.29, 0.717) is 22.1 Å². The van der Waals surface area contributed by atoms with Gasteiger partial charge in [0.05, 0.1) is 15.9 Å². The van der Waals surface area contributed by atoms with Crippen molar-refractivity contribution < 1.29 is 9.59 Å². The number of para-hydroxylation sites is 1. The van der Waals surface area contributed by atoms with Gasteiger partial charge in [0.15, 0.2) is 0 Å². The van der Waals surface area contributed by atoms with Gasteiger partial charge in [-0.3, -0.25) is 15.0 Å². The van der Waals surface area contributed by atoms with E-state index >= 15 is 0 Å². The van der Waals surface area contributed by atoms with Crippen LogP contribution < -0.4 is 16.0 Å². The summed E-state index contributed by atoms with van der Waals surface area (Å²) < 4.78 is 0. The second-order valence-corrected chi connectivity index (χ2v) is 9.16. The van der Waals surface area contributed by atoms with Gasteiger partial charge in [0.1, 0.15) is 0 Å². The van der Waals surface area contributed by atoms with Gasteiger partial charge in [0, 0.05) is 17.1 Å². The highest BCUT2D eigenvalue weighted by Crippen LogP contribution is 2.28. The van der Waals surface area contributed by atoms with Crippen LogP contribution in [0.25, 0.3) is 0 Å². The second-order valence-electron chi connectivity index (χ2n) is 7.09. The van der Waals surface area contributed by atoms with Crippen molar-refractivity contribution in [3.63, 3.8) is 0 Å². The third-order valence-corrected chi connectivity index (χ3v) is 6.98. The average molecular weight is 441 g/mol. The van der Waals surface area contributed by atoms with Gasteiger partial charge in [-0.15, -0.1) is 22.7 Å². The first-order valence-electron chi connectivity index (χ1n) is 9.97. The molecule has 2 aromatic heterocycles. The maximum absolute atomic E-state index is 12.7. The largest absolute Gasteiger partial charge is 0.349 e. The Hall–Kier alpha value is -2.68. The molecule has 8 heteroatoms. The Bertz CT molecular complexity index is 966. The topological polar surface area (TPSA) is 73.5 Å². The molecule has 1 saturated heterocycles. The van der Waals surface area contributed by atoms with Gasteiger partial charge in [-0.2, -0.15) is 0 Å². The van der Waals surface area contributed by atoms with E-state index in [-0.39, 0.29) is 18.0 Å². The first kappa shape index (κ1) is 20.6. The summed E-state index contributed by atoms with van der Waals surface area (Å²) in [7, 11) is 0. The molecule has 3 aromatic rings. The Kier molecular flexibility index (Phi) is 6.78. The number of carbonyl (C=O) groups is 2. The number of benzene rings is 1. The fraction of sp³-hybridized carbons (Fsp3) is 0.273. The van der Waals surface area contributed by atoms with Gasteiger partial charge < -0.3 is 10.6 Å². The number of urea groups is 1. The zero-order valence-corrected chi connectivity index (χ0v) is 18.1. The number of anilines is 2. The van der Waals surface area contributed by atoms with Crippen LogP contribution in [0.3, 0.4) is 0 Å². The number of likely N-dealkylation sites (tertiary alicyclic amines) is 1. The minimum atomic E-state index is -0.332. The summed E-state index contributed by atoms with van der Waals surface area (Å²) in [6.45, 7) is 2.72. The Balaban J connectivity index is 1.32.